The van der Waals surface area contributed by atoms with Crippen molar-refractivity contribution in [2.45, 2.75) is 13.5 Å². The van der Waals surface area contributed by atoms with Crippen molar-refractivity contribution < 1.29 is 9.53 Å². The number of carbonyl (C=O) groups is 1. The number of piperazine rings is 1. The zero-order valence-electron chi connectivity index (χ0n) is 13.9. The summed E-state index contributed by atoms with van der Waals surface area (Å²) < 4.78 is 5.47. The Balaban J connectivity index is 1.59. The van der Waals surface area contributed by atoms with Gasteiger partial charge in [0, 0.05) is 45.1 Å². The van der Waals surface area contributed by atoms with Gasteiger partial charge in [-0.15, -0.1) is 0 Å². The minimum absolute atomic E-state index is 0.0102. The van der Waals surface area contributed by atoms with E-state index in [0.717, 1.165) is 25.3 Å². The second-order valence-corrected chi connectivity index (χ2v) is 5.68. The molecule has 0 aliphatic carbocycles. The molecule has 0 atom stereocenters. The quantitative estimate of drug-likeness (QED) is 0.839. The van der Waals surface area contributed by atoms with Gasteiger partial charge < -0.3 is 9.64 Å². The zero-order chi connectivity index (χ0) is 16.8. The minimum atomic E-state index is -0.0102. The fourth-order valence-electron chi connectivity index (χ4n) is 2.81. The van der Waals surface area contributed by atoms with Crippen LogP contribution >= 0.6 is 0 Å². The number of hydrogen-bond acceptors (Lipinski definition) is 5. The van der Waals surface area contributed by atoms with Gasteiger partial charge in [-0.1, -0.05) is 6.07 Å². The molecule has 24 heavy (non-hydrogen) atoms. The number of aromatic nitrogens is 2. The van der Waals surface area contributed by atoms with Gasteiger partial charge in [-0.25, -0.2) is 4.98 Å². The molecule has 1 aliphatic heterocycles. The molecule has 0 bridgehead atoms. The number of nitrogens with zero attached hydrogens (tertiary/aromatic N) is 4. The van der Waals surface area contributed by atoms with Crippen LogP contribution in [0.25, 0.3) is 0 Å². The fraction of sp³-hybridized carbons (Fsp3) is 0.389. The molecule has 6 nitrogen and oxygen atoms in total. The van der Waals surface area contributed by atoms with E-state index in [1.54, 1.807) is 18.3 Å². The second kappa shape index (κ2) is 7.88. The molecule has 6 heteroatoms. The number of pyridine rings is 2. The smallest absolute Gasteiger partial charge is 0.259 e. The molecule has 0 radical (unpaired) electrons. The molecule has 1 fully saturated rings. The number of ether oxygens (including phenoxy) is 1. The van der Waals surface area contributed by atoms with E-state index in [1.165, 1.54) is 0 Å². The first kappa shape index (κ1) is 16.4. The first-order valence-corrected chi connectivity index (χ1v) is 8.27. The highest BCUT2D eigenvalue weighted by molar-refractivity contribution is 5.96. The standard InChI is InChI=1S/C18H22N4O2/c1-2-24-17-16(7-5-9-20-17)18(23)22-12-10-21(11-13-22)14-15-6-3-4-8-19-15/h3-9H,2,10-14H2,1H3. The molecule has 2 aromatic heterocycles. The minimum Gasteiger partial charge on any atom is -0.477 e. The Morgan fingerprint density at radius 3 is 2.58 bits per heavy atom. The highest BCUT2D eigenvalue weighted by atomic mass is 16.5. The maximum Gasteiger partial charge on any atom is 0.259 e. The third-order valence-electron chi connectivity index (χ3n) is 4.05. The van der Waals surface area contributed by atoms with Gasteiger partial charge in [-0.05, 0) is 31.2 Å². The van der Waals surface area contributed by atoms with Crippen LogP contribution in [-0.4, -0.2) is 58.5 Å². The van der Waals surface area contributed by atoms with E-state index < -0.39 is 0 Å². The Morgan fingerprint density at radius 2 is 1.88 bits per heavy atom. The molecule has 0 unspecified atom stereocenters. The van der Waals surface area contributed by atoms with Gasteiger partial charge >= 0.3 is 0 Å². The Morgan fingerprint density at radius 1 is 1.08 bits per heavy atom. The van der Waals surface area contributed by atoms with Crippen molar-refractivity contribution in [3.05, 3.63) is 54.0 Å². The topological polar surface area (TPSA) is 58.6 Å². The summed E-state index contributed by atoms with van der Waals surface area (Å²) in [7, 11) is 0. The number of amides is 1. The van der Waals surface area contributed by atoms with E-state index in [4.69, 9.17) is 4.74 Å². The first-order chi connectivity index (χ1) is 11.8. The lowest BCUT2D eigenvalue weighted by molar-refractivity contribution is 0.0622. The van der Waals surface area contributed by atoms with E-state index in [0.29, 0.717) is 31.1 Å². The predicted octanol–water partition coefficient (Wildman–Crippen LogP) is 1.83. The van der Waals surface area contributed by atoms with Gasteiger partial charge in [-0.3, -0.25) is 14.7 Å². The van der Waals surface area contributed by atoms with Crippen LogP contribution in [0.1, 0.15) is 23.0 Å². The molecule has 0 N–H and O–H groups in total. The third kappa shape index (κ3) is 3.89. The third-order valence-corrected chi connectivity index (χ3v) is 4.05. The number of carbonyl (C=O) groups excluding carboxylic acids is 1. The molecule has 2 aromatic rings. The van der Waals surface area contributed by atoms with Crippen LogP contribution in [0.5, 0.6) is 5.88 Å². The summed E-state index contributed by atoms with van der Waals surface area (Å²) in [5.74, 6) is 0.407. The molecule has 1 amide bonds. The van der Waals surface area contributed by atoms with Crippen LogP contribution in [0.15, 0.2) is 42.7 Å². The number of rotatable bonds is 5. The fourth-order valence-corrected chi connectivity index (χ4v) is 2.81. The van der Waals surface area contributed by atoms with Crippen LogP contribution in [0.2, 0.25) is 0 Å². The van der Waals surface area contributed by atoms with Crippen molar-refractivity contribution >= 4 is 5.91 Å². The molecule has 3 rings (SSSR count). The Hall–Kier alpha value is -2.47. The van der Waals surface area contributed by atoms with Crippen LogP contribution in [0.4, 0.5) is 0 Å². The van der Waals surface area contributed by atoms with Gasteiger partial charge in [0.2, 0.25) is 5.88 Å². The monoisotopic (exact) mass is 326 g/mol. The van der Waals surface area contributed by atoms with Crippen LogP contribution in [-0.2, 0) is 6.54 Å². The summed E-state index contributed by atoms with van der Waals surface area (Å²) in [6.07, 6.45) is 3.46. The molecule has 0 saturated carbocycles. The average molecular weight is 326 g/mol. The van der Waals surface area contributed by atoms with Crippen molar-refractivity contribution in [3.63, 3.8) is 0 Å². The first-order valence-electron chi connectivity index (χ1n) is 8.27. The largest absolute Gasteiger partial charge is 0.477 e. The van der Waals surface area contributed by atoms with Gasteiger partial charge in [0.15, 0.2) is 0 Å². The van der Waals surface area contributed by atoms with E-state index in [1.807, 2.05) is 36.2 Å². The Labute approximate surface area is 142 Å². The normalized spacial score (nSPS) is 15.3. The van der Waals surface area contributed by atoms with Crippen molar-refractivity contribution in [3.8, 4) is 5.88 Å². The zero-order valence-corrected chi connectivity index (χ0v) is 13.9. The molecule has 1 saturated heterocycles. The summed E-state index contributed by atoms with van der Waals surface area (Å²) in [5, 5.41) is 0. The van der Waals surface area contributed by atoms with Gasteiger partial charge in [0.1, 0.15) is 5.56 Å². The van der Waals surface area contributed by atoms with Crippen molar-refractivity contribution in [1.82, 2.24) is 19.8 Å². The highest BCUT2D eigenvalue weighted by Gasteiger charge is 2.24. The Bertz CT molecular complexity index is 670. The van der Waals surface area contributed by atoms with Crippen molar-refractivity contribution in [1.29, 1.82) is 0 Å². The van der Waals surface area contributed by atoms with Crippen LogP contribution in [0, 0.1) is 0 Å². The lowest BCUT2D eigenvalue weighted by atomic mass is 10.2. The second-order valence-electron chi connectivity index (χ2n) is 5.68. The van der Waals surface area contributed by atoms with Crippen LogP contribution < -0.4 is 4.74 Å². The van der Waals surface area contributed by atoms with Gasteiger partial charge in [0.05, 0.1) is 12.3 Å². The van der Waals surface area contributed by atoms with Crippen LogP contribution in [0.3, 0.4) is 0 Å². The molecule has 0 aromatic carbocycles. The van der Waals surface area contributed by atoms with Gasteiger partial charge in [0.25, 0.3) is 5.91 Å². The lowest BCUT2D eigenvalue weighted by Gasteiger charge is -2.34. The molecule has 3 heterocycles. The van der Waals surface area contributed by atoms with E-state index >= 15 is 0 Å². The SMILES string of the molecule is CCOc1ncccc1C(=O)N1CCN(Cc2ccccn2)CC1. The van der Waals surface area contributed by atoms with E-state index in [-0.39, 0.29) is 5.91 Å². The summed E-state index contributed by atoms with van der Waals surface area (Å²) >= 11 is 0. The van der Waals surface area contributed by atoms with E-state index in [2.05, 4.69) is 14.9 Å². The molecule has 126 valence electrons. The lowest BCUT2D eigenvalue weighted by Crippen LogP contribution is -2.48. The molecule has 0 spiro atoms. The predicted molar refractivity (Wildman–Crippen MR) is 90.8 cm³/mol. The van der Waals surface area contributed by atoms with Gasteiger partial charge in [-0.2, -0.15) is 0 Å². The maximum absolute atomic E-state index is 12.7. The Kier molecular flexibility index (Phi) is 5.38. The maximum atomic E-state index is 12.7. The highest BCUT2D eigenvalue weighted by Crippen LogP contribution is 2.18. The van der Waals surface area contributed by atoms with E-state index in [9.17, 15) is 4.79 Å². The summed E-state index contributed by atoms with van der Waals surface area (Å²) in [6, 6.07) is 9.50. The summed E-state index contributed by atoms with van der Waals surface area (Å²) in [5.41, 5.74) is 1.60. The molecular formula is C18H22N4O2. The summed E-state index contributed by atoms with van der Waals surface area (Å²) in [6.45, 7) is 6.28. The molecule has 1 aliphatic rings. The number of hydrogen-bond donors (Lipinski definition) is 0. The van der Waals surface area contributed by atoms with Crippen molar-refractivity contribution in [2.75, 3.05) is 32.8 Å². The summed E-state index contributed by atoms with van der Waals surface area (Å²) in [4.78, 5) is 25.4. The average Bonchev–Trinajstić information content (AvgIpc) is 2.63. The van der Waals surface area contributed by atoms with Crippen molar-refractivity contribution in [2.24, 2.45) is 0 Å². The molecular weight excluding hydrogens is 304 g/mol.